The SMILES string of the molecule is CCOC(=O)C1=C(C)N=c2s/c(=C\c3ccc(N4CCCCC4)o3)c(=O)n2[C@H]1c1ccc(OC)c(OC)c1. The highest BCUT2D eigenvalue weighted by Crippen LogP contribution is 2.36. The third-order valence-corrected chi connectivity index (χ3v) is 7.78. The quantitative estimate of drug-likeness (QED) is 0.427. The van der Waals surface area contributed by atoms with Crippen molar-refractivity contribution in [3.8, 4) is 11.5 Å². The topological polar surface area (TPSA) is 95.5 Å². The Balaban J connectivity index is 1.63. The van der Waals surface area contributed by atoms with Gasteiger partial charge in [0.25, 0.3) is 5.56 Å². The lowest BCUT2D eigenvalue weighted by Crippen LogP contribution is -2.39. The zero-order valence-electron chi connectivity index (χ0n) is 22.0. The minimum Gasteiger partial charge on any atom is -0.493 e. The summed E-state index contributed by atoms with van der Waals surface area (Å²) in [6.45, 7) is 5.65. The zero-order valence-corrected chi connectivity index (χ0v) is 22.8. The Hall–Kier alpha value is -3.79. The molecule has 1 atom stereocenters. The predicted molar refractivity (Wildman–Crippen MR) is 145 cm³/mol. The highest BCUT2D eigenvalue weighted by Gasteiger charge is 2.34. The Labute approximate surface area is 224 Å². The first-order chi connectivity index (χ1) is 18.4. The van der Waals surface area contributed by atoms with Crippen molar-refractivity contribution in [1.82, 2.24) is 4.57 Å². The Kier molecular flexibility index (Phi) is 7.42. The van der Waals surface area contributed by atoms with E-state index in [0.717, 1.165) is 31.8 Å². The number of piperidine rings is 1. The van der Waals surface area contributed by atoms with E-state index >= 15 is 0 Å². The minimum absolute atomic E-state index is 0.205. The number of hydrogen-bond acceptors (Lipinski definition) is 9. The van der Waals surface area contributed by atoms with Gasteiger partial charge in [0.2, 0.25) is 0 Å². The van der Waals surface area contributed by atoms with Crippen LogP contribution in [0.4, 0.5) is 5.88 Å². The van der Waals surface area contributed by atoms with E-state index < -0.39 is 12.0 Å². The van der Waals surface area contributed by atoms with E-state index in [1.807, 2.05) is 18.2 Å². The lowest BCUT2D eigenvalue weighted by Gasteiger charge is -2.25. The molecule has 4 heterocycles. The molecule has 3 aromatic rings. The monoisotopic (exact) mass is 537 g/mol. The van der Waals surface area contributed by atoms with Crippen molar-refractivity contribution in [2.24, 2.45) is 4.99 Å². The molecule has 0 bridgehead atoms. The van der Waals surface area contributed by atoms with Crippen LogP contribution < -0.4 is 29.3 Å². The number of fused-ring (bicyclic) bond motifs is 1. The lowest BCUT2D eigenvalue weighted by atomic mass is 9.95. The summed E-state index contributed by atoms with van der Waals surface area (Å²) in [6.07, 6.45) is 5.27. The van der Waals surface area contributed by atoms with Crippen molar-refractivity contribution in [2.45, 2.75) is 39.2 Å². The van der Waals surface area contributed by atoms with Crippen molar-refractivity contribution >= 4 is 29.3 Å². The summed E-state index contributed by atoms with van der Waals surface area (Å²) >= 11 is 1.26. The maximum Gasteiger partial charge on any atom is 0.338 e. The molecule has 38 heavy (non-hydrogen) atoms. The van der Waals surface area contributed by atoms with Gasteiger partial charge in [-0.25, -0.2) is 9.79 Å². The van der Waals surface area contributed by atoms with E-state index in [9.17, 15) is 9.59 Å². The molecule has 1 aromatic carbocycles. The molecule has 0 spiro atoms. The highest BCUT2D eigenvalue weighted by atomic mass is 32.1. The van der Waals surface area contributed by atoms with Crippen LogP contribution in [0.25, 0.3) is 6.08 Å². The van der Waals surface area contributed by atoms with Gasteiger partial charge in [-0.15, -0.1) is 0 Å². The fourth-order valence-electron chi connectivity index (χ4n) is 4.96. The minimum atomic E-state index is -0.743. The molecule has 10 heteroatoms. The van der Waals surface area contributed by atoms with E-state index in [0.29, 0.717) is 43.4 Å². The van der Waals surface area contributed by atoms with Crippen molar-refractivity contribution in [2.75, 3.05) is 38.8 Å². The summed E-state index contributed by atoms with van der Waals surface area (Å²) in [5.41, 5.74) is 1.22. The van der Waals surface area contributed by atoms with Crippen LogP contribution in [0.3, 0.4) is 0 Å². The molecule has 2 aliphatic rings. The number of rotatable bonds is 7. The Morgan fingerprint density at radius 3 is 2.61 bits per heavy atom. The Morgan fingerprint density at radius 1 is 1.13 bits per heavy atom. The number of allylic oxidation sites excluding steroid dienone is 1. The van der Waals surface area contributed by atoms with Gasteiger partial charge < -0.3 is 23.5 Å². The lowest BCUT2D eigenvalue weighted by molar-refractivity contribution is -0.139. The molecular formula is C28H31N3O6S. The third-order valence-electron chi connectivity index (χ3n) is 6.79. The molecule has 1 fully saturated rings. The number of thiazole rings is 1. The number of hydrogen-bond donors (Lipinski definition) is 0. The molecular weight excluding hydrogens is 506 g/mol. The molecule has 200 valence electrons. The van der Waals surface area contributed by atoms with Crippen LogP contribution in [-0.2, 0) is 9.53 Å². The molecule has 2 aromatic heterocycles. The van der Waals surface area contributed by atoms with Gasteiger partial charge in [0.1, 0.15) is 5.76 Å². The standard InChI is InChI=1S/C28H31N3O6S/c1-5-36-27(33)24-17(2)29-28-31(25(24)18-9-11-20(34-3)21(15-18)35-4)26(32)22(38-28)16-19-10-12-23(37-19)30-13-7-6-8-14-30/h9-12,15-16,25H,5-8,13-14H2,1-4H3/b22-16-/t25-/m0/s1. The van der Waals surface area contributed by atoms with Crippen molar-refractivity contribution in [3.63, 3.8) is 0 Å². The van der Waals surface area contributed by atoms with Crippen LogP contribution >= 0.6 is 11.3 Å². The van der Waals surface area contributed by atoms with Gasteiger partial charge in [-0.2, -0.15) is 0 Å². The summed E-state index contributed by atoms with van der Waals surface area (Å²) in [7, 11) is 3.10. The number of methoxy groups -OCH3 is 2. The number of benzene rings is 1. The number of anilines is 1. The molecule has 0 unspecified atom stereocenters. The number of carbonyl (C=O) groups is 1. The van der Waals surface area contributed by atoms with E-state index in [-0.39, 0.29) is 12.2 Å². The first-order valence-corrected chi connectivity index (χ1v) is 13.5. The largest absolute Gasteiger partial charge is 0.493 e. The molecule has 5 rings (SSSR count). The number of furan rings is 1. The fourth-order valence-corrected chi connectivity index (χ4v) is 5.99. The maximum atomic E-state index is 13.8. The number of esters is 1. The average molecular weight is 538 g/mol. The van der Waals surface area contributed by atoms with Crippen LogP contribution in [0.2, 0.25) is 0 Å². The fraction of sp³-hybridized carbons (Fsp3) is 0.393. The Bertz CT molecular complexity index is 1560. The van der Waals surface area contributed by atoms with Crippen molar-refractivity contribution in [3.05, 3.63) is 72.6 Å². The van der Waals surface area contributed by atoms with Gasteiger partial charge in [-0.3, -0.25) is 9.36 Å². The van der Waals surface area contributed by atoms with Crippen molar-refractivity contribution in [1.29, 1.82) is 0 Å². The van der Waals surface area contributed by atoms with Gasteiger partial charge in [-0.05, 0) is 56.9 Å². The van der Waals surface area contributed by atoms with E-state index in [1.54, 1.807) is 50.8 Å². The smallest absolute Gasteiger partial charge is 0.338 e. The van der Waals surface area contributed by atoms with Gasteiger partial charge in [0.15, 0.2) is 22.2 Å². The average Bonchev–Trinajstić information content (AvgIpc) is 3.52. The molecule has 0 aliphatic carbocycles. The van der Waals surface area contributed by atoms with Gasteiger partial charge >= 0.3 is 5.97 Å². The summed E-state index contributed by atoms with van der Waals surface area (Å²) in [6, 6.07) is 8.43. The summed E-state index contributed by atoms with van der Waals surface area (Å²) in [5.74, 6) is 1.93. The third kappa shape index (κ3) is 4.76. The molecule has 0 amide bonds. The van der Waals surface area contributed by atoms with Crippen LogP contribution in [0.1, 0.15) is 50.5 Å². The summed E-state index contributed by atoms with van der Waals surface area (Å²) in [5, 5.41) is 0. The number of carbonyl (C=O) groups excluding carboxylic acids is 1. The van der Waals surface area contributed by atoms with Gasteiger partial charge in [-0.1, -0.05) is 17.4 Å². The Morgan fingerprint density at radius 2 is 1.89 bits per heavy atom. The molecule has 1 saturated heterocycles. The van der Waals surface area contributed by atoms with Gasteiger partial charge in [0.05, 0.1) is 42.7 Å². The van der Waals surface area contributed by atoms with E-state index in [1.165, 1.54) is 17.8 Å². The maximum absolute atomic E-state index is 13.8. The van der Waals surface area contributed by atoms with Crippen LogP contribution in [0.15, 0.2) is 55.8 Å². The van der Waals surface area contributed by atoms with Crippen molar-refractivity contribution < 1.29 is 23.4 Å². The molecule has 0 N–H and O–H groups in total. The molecule has 0 radical (unpaired) electrons. The second-order valence-corrected chi connectivity index (χ2v) is 10.1. The molecule has 2 aliphatic heterocycles. The van der Waals surface area contributed by atoms with Crippen LogP contribution in [-0.4, -0.2) is 44.5 Å². The second kappa shape index (κ2) is 10.9. The number of aromatic nitrogens is 1. The number of nitrogens with zero attached hydrogens (tertiary/aromatic N) is 3. The first kappa shape index (κ1) is 25.8. The van der Waals surface area contributed by atoms with E-state index in [4.69, 9.17) is 18.6 Å². The van der Waals surface area contributed by atoms with Crippen LogP contribution in [0, 0.1) is 0 Å². The van der Waals surface area contributed by atoms with Crippen LogP contribution in [0.5, 0.6) is 11.5 Å². The zero-order chi connectivity index (χ0) is 26.8. The summed E-state index contributed by atoms with van der Waals surface area (Å²) < 4.78 is 24.4. The summed E-state index contributed by atoms with van der Waals surface area (Å²) in [4.78, 5) is 34.3. The van der Waals surface area contributed by atoms with E-state index in [2.05, 4.69) is 9.89 Å². The highest BCUT2D eigenvalue weighted by molar-refractivity contribution is 7.07. The predicted octanol–water partition coefficient (Wildman–Crippen LogP) is 3.40. The first-order valence-electron chi connectivity index (χ1n) is 12.7. The molecule has 9 nitrogen and oxygen atoms in total. The normalized spacial score (nSPS) is 17.7. The number of ether oxygens (including phenoxy) is 3. The second-order valence-electron chi connectivity index (χ2n) is 9.14. The van der Waals surface area contributed by atoms with Gasteiger partial charge in [0, 0.05) is 25.2 Å². The molecule has 0 saturated carbocycles.